The van der Waals surface area contributed by atoms with E-state index in [4.69, 9.17) is 4.74 Å². The topological polar surface area (TPSA) is 70.7 Å². The molecule has 0 radical (unpaired) electrons. The van der Waals surface area contributed by atoms with Crippen molar-refractivity contribution in [3.05, 3.63) is 58.7 Å². The number of urea groups is 1. The highest BCUT2D eigenvalue weighted by Crippen LogP contribution is 2.26. The summed E-state index contributed by atoms with van der Waals surface area (Å²) in [6.07, 6.45) is 0. The van der Waals surface area contributed by atoms with Crippen LogP contribution in [-0.2, 0) is 0 Å². The van der Waals surface area contributed by atoms with Crippen molar-refractivity contribution in [3.63, 3.8) is 0 Å². The Hall–Kier alpha value is -3.02. The number of nitrogens with one attached hydrogen (secondary N) is 2. The van der Waals surface area contributed by atoms with Crippen molar-refractivity contribution in [3.8, 4) is 5.75 Å². The number of aryl methyl sites for hydroxylation is 2. The van der Waals surface area contributed by atoms with Crippen LogP contribution in [0, 0.1) is 13.8 Å². The third kappa shape index (κ3) is 5.00. The maximum absolute atomic E-state index is 12.5. The first-order chi connectivity index (χ1) is 12.7. The van der Waals surface area contributed by atoms with Gasteiger partial charge in [-0.1, -0.05) is 23.8 Å². The highest BCUT2D eigenvalue weighted by molar-refractivity contribution is 5.97. The van der Waals surface area contributed by atoms with Gasteiger partial charge in [-0.2, -0.15) is 0 Å². The third-order valence-electron chi connectivity index (χ3n) is 4.34. The number of benzene rings is 2. The van der Waals surface area contributed by atoms with E-state index in [1.165, 1.54) is 4.90 Å². The van der Waals surface area contributed by atoms with Crippen molar-refractivity contribution in [2.24, 2.45) is 0 Å². The number of hydrogen-bond donors (Lipinski definition) is 2. The molecule has 0 heterocycles. The fourth-order valence-corrected chi connectivity index (χ4v) is 2.77. The van der Waals surface area contributed by atoms with E-state index in [0.29, 0.717) is 11.3 Å². The summed E-state index contributed by atoms with van der Waals surface area (Å²) in [5, 5.41) is 5.76. The van der Waals surface area contributed by atoms with E-state index in [1.54, 1.807) is 33.3 Å². The van der Waals surface area contributed by atoms with Crippen molar-refractivity contribution in [1.82, 2.24) is 10.2 Å². The third-order valence-corrected chi connectivity index (χ3v) is 4.34. The number of anilines is 1. The Labute approximate surface area is 160 Å². The molecule has 0 aliphatic heterocycles. The molecule has 0 spiro atoms. The molecular formula is C21H27N3O3. The Morgan fingerprint density at radius 3 is 2.41 bits per heavy atom. The Morgan fingerprint density at radius 2 is 1.78 bits per heavy atom. The number of hydrogen-bond acceptors (Lipinski definition) is 3. The van der Waals surface area contributed by atoms with Crippen LogP contribution in [0.2, 0.25) is 0 Å². The van der Waals surface area contributed by atoms with E-state index in [2.05, 4.69) is 10.6 Å². The number of ether oxygens (including phenoxy) is 1. The molecule has 0 saturated heterocycles. The van der Waals surface area contributed by atoms with Crippen LogP contribution < -0.4 is 15.4 Å². The monoisotopic (exact) mass is 369 g/mol. The first kappa shape index (κ1) is 20.3. The largest absolute Gasteiger partial charge is 0.496 e. The minimum absolute atomic E-state index is 0.115. The van der Waals surface area contributed by atoms with Crippen LogP contribution in [0.4, 0.5) is 10.5 Å². The number of nitrogens with zero attached hydrogens (tertiary/aromatic N) is 1. The summed E-state index contributed by atoms with van der Waals surface area (Å²) < 4.78 is 5.39. The van der Waals surface area contributed by atoms with Crippen LogP contribution in [0.1, 0.15) is 40.0 Å². The average molecular weight is 369 g/mol. The zero-order chi connectivity index (χ0) is 20.1. The van der Waals surface area contributed by atoms with Crippen molar-refractivity contribution in [1.29, 1.82) is 0 Å². The summed E-state index contributed by atoms with van der Waals surface area (Å²) in [6, 6.07) is 10.5. The van der Waals surface area contributed by atoms with Gasteiger partial charge in [0, 0.05) is 30.9 Å². The Balaban J connectivity index is 2.15. The lowest BCUT2D eigenvalue weighted by Gasteiger charge is -2.19. The van der Waals surface area contributed by atoms with Gasteiger partial charge in [-0.05, 0) is 44.5 Å². The van der Waals surface area contributed by atoms with E-state index in [1.807, 2.05) is 45.0 Å². The average Bonchev–Trinajstić information content (AvgIpc) is 2.62. The van der Waals surface area contributed by atoms with Gasteiger partial charge in [-0.25, -0.2) is 4.79 Å². The van der Waals surface area contributed by atoms with Crippen molar-refractivity contribution >= 4 is 17.6 Å². The predicted octanol–water partition coefficient (Wildman–Crippen LogP) is 3.90. The van der Waals surface area contributed by atoms with E-state index in [0.717, 1.165) is 22.4 Å². The summed E-state index contributed by atoms with van der Waals surface area (Å²) >= 11 is 0. The Kier molecular flexibility index (Phi) is 6.45. The fourth-order valence-electron chi connectivity index (χ4n) is 2.77. The van der Waals surface area contributed by atoms with Gasteiger partial charge < -0.3 is 20.3 Å². The fraction of sp³-hybridized carbons (Fsp3) is 0.333. The summed E-state index contributed by atoms with van der Waals surface area (Å²) in [7, 11) is 5.00. The van der Waals surface area contributed by atoms with E-state index < -0.39 is 0 Å². The normalized spacial score (nSPS) is 11.5. The van der Waals surface area contributed by atoms with Crippen molar-refractivity contribution in [2.45, 2.75) is 26.8 Å². The Bertz CT molecular complexity index is 847. The minimum Gasteiger partial charge on any atom is -0.496 e. The van der Waals surface area contributed by atoms with Gasteiger partial charge in [-0.3, -0.25) is 4.79 Å². The first-order valence-corrected chi connectivity index (χ1v) is 8.77. The molecule has 3 amide bonds. The van der Waals surface area contributed by atoms with Gasteiger partial charge in [-0.15, -0.1) is 0 Å². The van der Waals surface area contributed by atoms with E-state index >= 15 is 0 Å². The van der Waals surface area contributed by atoms with Gasteiger partial charge >= 0.3 is 6.03 Å². The number of methoxy groups -OCH3 is 1. The van der Waals surface area contributed by atoms with Crippen LogP contribution in [0.5, 0.6) is 5.75 Å². The second-order valence-electron chi connectivity index (χ2n) is 6.79. The second-order valence-corrected chi connectivity index (χ2v) is 6.79. The molecule has 0 fully saturated rings. The maximum atomic E-state index is 12.5. The predicted molar refractivity (Wildman–Crippen MR) is 107 cm³/mol. The molecule has 0 bridgehead atoms. The van der Waals surface area contributed by atoms with Crippen LogP contribution in [0.3, 0.4) is 0 Å². The quantitative estimate of drug-likeness (QED) is 0.840. The molecule has 0 aliphatic carbocycles. The molecule has 6 nitrogen and oxygen atoms in total. The van der Waals surface area contributed by atoms with Gasteiger partial charge in [0.25, 0.3) is 5.91 Å². The van der Waals surface area contributed by atoms with Gasteiger partial charge in [0.1, 0.15) is 5.75 Å². The van der Waals surface area contributed by atoms with Crippen molar-refractivity contribution < 1.29 is 14.3 Å². The summed E-state index contributed by atoms with van der Waals surface area (Å²) in [5.74, 6) is 0.611. The minimum atomic E-state index is -0.344. The SMILES string of the molecule is COc1ccc(C)cc1[C@@H](C)NC(=O)Nc1cc(C(=O)N(C)C)ccc1C. The molecule has 2 rings (SSSR count). The molecule has 144 valence electrons. The zero-order valence-electron chi connectivity index (χ0n) is 16.7. The molecule has 27 heavy (non-hydrogen) atoms. The molecule has 0 aromatic heterocycles. The van der Waals surface area contributed by atoms with Crippen LogP contribution in [-0.4, -0.2) is 38.0 Å². The number of carbonyl (C=O) groups is 2. The summed E-state index contributed by atoms with van der Waals surface area (Å²) in [6.45, 7) is 5.77. The van der Waals surface area contributed by atoms with E-state index in [9.17, 15) is 9.59 Å². The van der Waals surface area contributed by atoms with Crippen LogP contribution in [0.15, 0.2) is 36.4 Å². The van der Waals surface area contributed by atoms with Crippen LogP contribution >= 0.6 is 0 Å². The zero-order valence-corrected chi connectivity index (χ0v) is 16.7. The first-order valence-electron chi connectivity index (χ1n) is 8.77. The van der Waals surface area contributed by atoms with Crippen molar-refractivity contribution in [2.75, 3.05) is 26.5 Å². The highest BCUT2D eigenvalue weighted by Gasteiger charge is 2.16. The number of carbonyl (C=O) groups excluding carboxylic acids is 2. The molecule has 2 aromatic carbocycles. The smallest absolute Gasteiger partial charge is 0.319 e. The second kappa shape index (κ2) is 8.58. The molecule has 1 atom stereocenters. The Morgan fingerprint density at radius 1 is 1.07 bits per heavy atom. The lowest BCUT2D eigenvalue weighted by molar-refractivity contribution is 0.0827. The van der Waals surface area contributed by atoms with Gasteiger partial charge in [0.2, 0.25) is 0 Å². The van der Waals surface area contributed by atoms with Gasteiger partial charge in [0.15, 0.2) is 0 Å². The molecular weight excluding hydrogens is 342 g/mol. The lowest BCUT2D eigenvalue weighted by atomic mass is 10.0. The number of rotatable bonds is 5. The number of amides is 3. The molecule has 2 N–H and O–H groups in total. The van der Waals surface area contributed by atoms with E-state index in [-0.39, 0.29) is 18.0 Å². The summed E-state index contributed by atoms with van der Waals surface area (Å²) in [5.41, 5.74) is 3.99. The molecule has 0 saturated carbocycles. The lowest BCUT2D eigenvalue weighted by Crippen LogP contribution is -2.31. The van der Waals surface area contributed by atoms with Crippen LogP contribution in [0.25, 0.3) is 0 Å². The standard InChI is InChI=1S/C21H27N3O3/c1-13-7-10-19(27-6)17(11-13)15(3)22-21(26)23-18-12-16(9-8-14(18)2)20(25)24(4)5/h7-12,15H,1-6H3,(H2,22,23,26)/t15-/m1/s1. The molecule has 0 unspecified atom stereocenters. The molecule has 6 heteroatoms. The van der Waals surface area contributed by atoms with Gasteiger partial charge in [0.05, 0.1) is 13.2 Å². The maximum Gasteiger partial charge on any atom is 0.319 e. The highest BCUT2D eigenvalue weighted by atomic mass is 16.5. The molecule has 2 aromatic rings. The molecule has 0 aliphatic rings. The summed E-state index contributed by atoms with van der Waals surface area (Å²) in [4.78, 5) is 26.1.